The fourth-order valence-corrected chi connectivity index (χ4v) is 5.55. The molecule has 1 unspecified atom stereocenters. The summed E-state index contributed by atoms with van der Waals surface area (Å²) in [7, 11) is 0. The van der Waals surface area contributed by atoms with Crippen LogP contribution in [0.4, 0.5) is 11.4 Å². The highest BCUT2D eigenvalue weighted by Gasteiger charge is 2.54. The number of para-hydroxylation sites is 1. The molecule has 2 heterocycles. The third kappa shape index (κ3) is 3.01. The van der Waals surface area contributed by atoms with Crippen molar-refractivity contribution in [3.8, 4) is 0 Å². The fraction of sp³-hybridized carbons (Fsp3) is 0.0909. The summed E-state index contributed by atoms with van der Waals surface area (Å²) < 4.78 is 2.46. The molecule has 0 radical (unpaired) electrons. The smallest absolute Gasteiger partial charge is 0.278 e. The summed E-state index contributed by atoms with van der Waals surface area (Å²) in [4.78, 5) is 28.5. The second-order valence-corrected chi connectivity index (χ2v) is 9.86. The van der Waals surface area contributed by atoms with E-state index in [9.17, 15) is 9.59 Å². The average molecular weight is 592 g/mol. The minimum Gasteiger partial charge on any atom is -0.350 e. The Morgan fingerprint density at radius 3 is 2.37 bits per heavy atom. The maximum Gasteiger partial charge on any atom is 0.278 e. The first-order valence-corrected chi connectivity index (χ1v) is 11.5. The molecule has 8 heteroatoms. The van der Waals surface area contributed by atoms with Gasteiger partial charge in [0.25, 0.3) is 11.8 Å². The molecule has 0 fully saturated rings. The highest BCUT2D eigenvalue weighted by atomic mass is 79.9. The van der Waals surface area contributed by atoms with Crippen molar-refractivity contribution < 1.29 is 9.59 Å². The van der Waals surface area contributed by atoms with E-state index in [0.717, 1.165) is 25.8 Å². The summed E-state index contributed by atoms with van der Waals surface area (Å²) in [5.74, 6) is -0.528. The second kappa shape index (κ2) is 7.21. The maximum atomic E-state index is 13.8. The molecule has 5 rings (SSSR count). The summed E-state index contributed by atoms with van der Waals surface area (Å²) in [6, 6.07) is 19.0. The van der Waals surface area contributed by atoms with Crippen molar-refractivity contribution in [1.82, 2.24) is 5.32 Å². The molecule has 2 N–H and O–H groups in total. The van der Waals surface area contributed by atoms with Gasteiger partial charge in [0.15, 0.2) is 0 Å². The minimum absolute atomic E-state index is 0.222. The standard InChI is InChI=1S/C22H14Br3N3O2/c23-13-7-5-12(6-8-13)11-28-18-4-2-1-3-16(18)22(21(28)30)26-19-15(20(29)27-22)9-14(24)10-17(19)25/h1-10,26H,11H2,(H,27,29). The number of hydrogen-bond acceptors (Lipinski definition) is 3. The van der Waals surface area contributed by atoms with Gasteiger partial charge in [0.1, 0.15) is 0 Å². The summed E-state index contributed by atoms with van der Waals surface area (Å²) in [5.41, 5.74) is 2.20. The van der Waals surface area contributed by atoms with Crippen molar-refractivity contribution in [1.29, 1.82) is 0 Å². The molecule has 0 bridgehead atoms. The molecule has 30 heavy (non-hydrogen) atoms. The first-order valence-electron chi connectivity index (χ1n) is 9.15. The first-order chi connectivity index (χ1) is 14.4. The van der Waals surface area contributed by atoms with Crippen molar-refractivity contribution in [2.24, 2.45) is 0 Å². The molecular formula is C22H14Br3N3O2. The Hall–Kier alpha value is -2.16. The number of rotatable bonds is 2. The van der Waals surface area contributed by atoms with E-state index in [1.807, 2.05) is 54.6 Å². The van der Waals surface area contributed by atoms with Gasteiger partial charge in [-0.1, -0.05) is 62.2 Å². The zero-order valence-corrected chi connectivity index (χ0v) is 20.1. The summed E-state index contributed by atoms with van der Waals surface area (Å²) in [6.07, 6.45) is 0. The number of carbonyl (C=O) groups is 2. The van der Waals surface area contributed by atoms with Crippen LogP contribution in [0.2, 0.25) is 0 Å². The van der Waals surface area contributed by atoms with Crippen LogP contribution in [0.25, 0.3) is 0 Å². The number of hydrogen-bond donors (Lipinski definition) is 2. The Labute approximate surface area is 198 Å². The first kappa shape index (κ1) is 19.8. The second-order valence-electron chi connectivity index (χ2n) is 7.17. The molecule has 2 aliphatic rings. The number of nitrogens with zero attached hydrogens (tertiary/aromatic N) is 1. The van der Waals surface area contributed by atoms with Crippen molar-refractivity contribution in [2.45, 2.75) is 12.2 Å². The van der Waals surface area contributed by atoms with E-state index >= 15 is 0 Å². The molecule has 0 saturated carbocycles. The van der Waals surface area contributed by atoms with Gasteiger partial charge in [-0.2, -0.15) is 0 Å². The number of halogens is 3. The molecule has 0 aromatic heterocycles. The number of fused-ring (bicyclic) bond motifs is 3. The van der Waals surface area contributed by atoms with E-state index in [1.54, 1.807) is 11.0 Å². The highest BCUT2D eigenvalue weighted by Crippen LogP contribution is 2.46. The number of amides is 2. The van der Waals surface area contributed by atoms with E-state index in [-0.39, 0.29) is 11.8 Å². The van der Waals surface area contributed by atoms with Gasteiger partial charge in [0, 0.05) is 19.0 Å². The van der Waals surface area contributed by atoms with Gasteiger partial charge in [-0.3, -0.25) is 9.59 Å². The molecule has 150 valence electrons. The predicted molar refractivity (Wildman–Crippen MR) is 126 cm³/mol. The number of carbonyl (C=O) groups excluding carboxylic acids is 2. The SMILES string of the molecule is O=C1NC2(Nc3c(Br)cc(Br)cc31)C(=O)N(Cc1ccc(Br)cc1)c1ccccc12. The molecule has 1 spiro atoms. The van der Waals surface area contributed by atoms with Gasteiger partial charge in [0.05, 0.1) is 23.5 Å². The van der Waals surface area contributed by atoms with Crippen LogP contribution in [0, 0.1) is 0 Å². The van der Waals surface area contributed by atoms with Crippen molar-refractivity contribution in [3.05, 3.63) is 90.8 Å². The molecule has 0 aliphatic carbocycles. The van der Waals surface area contributed by atoms with Crippen molar-refractivity contribution in [2.75, 3.05) is 10.2 Å². The van der Waals surface area contributed by atoms with E-state index in [4.69, 9.17) is 0 Å². The summed E-state index contributed by atoms with van der Waals surface area (Å²) in [6.45, 7) is 0.400. The highest BCUT2D eigenvalue weighted by molar-refractivity contribution is 9.11. The van der Waals surface area contributed by atoms with Gasteiger partial charge in [-0.25, -0.2) is 0 Å². The summed E-state index contributed by atoms with van der Waals surface area (Å²) >= 11 is 10.4. The summed E-state index contributed by atoms with van der Waals surface area (Å²) in [5, 5.41) is 6.27. The molecule has 1 atom stereocenters. The van der Waals surface area contributed by atoms with Crippen LogP contribution >= 0.6 is 47.8 Å². The van der Waals surface area contributed by atoms with Crippen LogP contribution in [0.1, 0.15) is 21.5 Å². The molecule has 2 aliphatic heterocycles. The third-order valence-electron chi connectivity index (χ3n) is 5.33. The Bertz CT molecular complexity index is 1210. The Morgan fingerprint density at radius 1 is 0.867 bits per heavy atom. The lowest BCUT2D eigenvalue weighted by molar-refractivity contribution is -0.123. The van der Waals surface area contributed by atoms with E-state index in [0.29, 0.717) is 22.3 Å². The quantitative estimate of drug-likeness (QED) is 0.412. The number of anilines is 2. The Balaban J connectivity index is 1.62. The fourth-order valence-electron chi connectivity index (χ4n) is 3.96. The average Bonchev–Trinajstić information content (AvgIpc) is 2.93. The molecular weight excluding hydrogens is 578 g/mol. The zero-order chi connectivity index (χ0) is 21.0. The van der Waals surface area contributed by atoms with E-state index in [2.05, 4.69) is 58.4 Å². The Kier molecular flexibility index (Phi) is 4.76. The van der Waals surface area contributed by atoms with E-state index < -0.39 is 5.66 Å². The van der Waals surface area contributed by atoms with E-state index in [1.165, 1.54) is 0 Å². The zero-order valence-electron chi connectivity index (χ0n) is 15.4. The van der Waals surface area contributed by atoms with Crippen LogP contribution < -0.4 is 15.5 Å². The molecule has 0 saturated heterocycles. The van der Waals surface area contributed by atoms with Gasteiger partial charge < -0.3 is 15.5 Å². The topological polar surface area (TPSA) is 61.4 Å². The lowest BCUT2D eigenvalue weighted by Crippen LogP contribution is -2.60. The van der Waals surface area contributed by atoms with Gasteiger partial charge in [-0.05, 0) is 51.8 Å². The maximum absolute atomic E-state index is 13.8. The van der Waals surface area contributed by atoms with Crippen LogP contribution in [-0.2, 0) is 17.0 Å². The van der Waals surface area contributed by atoms with Crippen LogP contribution in [0.3, 0.4) is 0 Å². The molecule has 5 nitrogen and oxygen atoms in total. The molecule has 3 aromatic carbocycles. The van der Waals surface area contributed by atoms with Gasteiger partial charge >= 0.3 is 0 Å². The number of nitrogens with one attached hydrogen (secondary N) is 2. The minimum atomic E-state index is -1.35. The van der Waals surface area contributed by atoms with Crippen LogP contribution in [0.5, 0.6) is 0 Å². The van der Waals surface area contributed by atoms with Crippen molar-refractivity contribution in [3.63, 3.8) is 0 Å². The lowest BCUT2D eigenvalue weighted by atomic mass is 9.95. The Morgan fingerprint density at radius 2 is 1.60 bits per heavy atom. The monoisotopic (exact) mass is 589 g/mol. The lowest BCUT2D eigenvalue weighted by Gasteiger charge is -2.37. The molecule has 2 amide bonds. The normalized spacial score (nSPS) is 19.4. The van der Waals surface area contributed by atoms with Gasteiger partial charge in [-0.15, -0.1) is 0 Å². The van der Waals surface area contributed by atoms with Gasteiger partial charge in [0.2, 0.25) is 5.66 Å². The van der Waals surface area contributed by atoms with Crippen LogP contribution in [-0.4, -0.2) is 11.8 Å². The van der Waals surface area contributed by atoms with Crippen LogP contribution in [0.15, 0.2) is 74.1 Å². The van der Waals surface area contributed by atoms with Crippen molar-refractivity contribution >= 4 is 71.0 Å². The molecule has 3 aromatic rings. The third-order valence-corrected chi connectivity index (χ3v) is 6.94. The predicted octanol–water partition coefficient (Wildman–Crippen LogP) is 5.53. The largest absolute Gasteiger partial charge is 0.350 e. The number of benzene rings is 3.